The maximum Gasteiger partial charge on any atom is 0.265 e. The summed E-state index contributed by atoms with van der Waals surface area (Å²) >= 11 is 0. The number of ether oxygens (including phenoxy) is 1. The van der Waals surface area contributed by atoms with E-state index in [1.807, 2.05) is 6.07 Å². The number of hydrogen-bond acceptors (Lipinski definition) is 5. The highest BCUT2D eigenvalue weighted by atomic mass is 32.2. The average molecular weight is 436 g/mol. The molecule has 0 saturated carbocycles. The lowest BCUT2D eigenvalue weighted by atomic mass is 10.1. The van der Waals surface area contributed by atoms with Crippen LogP contribution in [0.3, 0.4) is 0 Å². The second kappa shape index (κ2) is 7.88. The van der Waals surface area contributed by atoms with Gasteiger partial charge in [0, 0.05) is 0 Å². The van der Waals surface area contributed by atoms with Crippen LogP contribution in [0.5, 0.6) is 5.75 Å². The molecule has 1 N–H and O–H groups in total. The molecular weight excluding hydrogens is 414 g/mol. The van der Waals surface area contributed by atoms with Crippen molar-refractivity contribution in [3.05, 3.63) is 88.5 Å². The van der Waals surface area contributed by atoms with E-state index in [0.29, 0.717) is 39.4 Å². The molecule has 4 rings (SSSR count). The molecule has 0 radical (unpaired) electrons. The predicted octanol–water partition coefficient (Wildman–Crippen LogP) is 3.81. The predicted molar refractivity (Wildman–Crippen MR) is 121 cm³/mol. The van der Waals surface area contributed by atoms with Crippen molar-refractivity contribution in [1.82, 2.24) is 9.55 Å². The van der Waals surface area contributed by atoms with E-state index < -0.39 is 10.0 Å². The fourth-order valence-electron chi connectivity index (χ4n) is 3.41. The molecule has 8 heteroatoms. The molecule has 0 spiro atoms. The van der Waals surface area contributed by atoms with Crippen molar-refractivity contribution in [1.29, 1.82) is 0 Å². The van der Waals surface area contributed by atoms with E-state index in [2.05, 4.69) is 9.71 Å². The van der Waals surface area contributed by atoms with Crippen LogP contribution < -0.4 is 15.0 Å². The molecule has 1 aromatic heterocycles. The van der Waals surface area contributed by atoms with Gasteiger partial charge in [-0.3, -0.25) is 14.1 Å². The Labute approximate surface area is 180 Å². The Morgan fingerprint density at radius 2 is 1.68 bits per heavy atom. The molecule has 0 bridgehead atoms. The molecule has 0 unspecified atom stereocenters. The first kappa shape index (κ1) is 20.6. The molecule has 4 aromatic rings. The van der Waals surface area contributed by atoms with E-state index in [0.717, 1.165) is 0 Å². The van der Waals surface area contributed by atoms with Gasteiger partial charge in [0.05, 0.1) is 34.3 Å². The van der Waals surface area contributed by atoms with Gasteiger partial charge in [0.25, 0.3) is 15.6 Å². The van der Waals surface area contributed by atoms with E-state index in [4.69, 9.17) is 4.74 Å². The molecule has 0 aliphatic carbocycles. The number of anilines is 1. The Morgan fingerprint density at radius 3 is 2.35 bits per heavy atom. The van der Waals surface area contributed by atoms with E-state index in [-0.39, 0.29) is 10.5 Å². The Morgan fingerprint density at radius 1 is 0.968 bits per heavy atom. The van der Waals surface area contributed by atoms with Crippen LogP contribution >= 0.6 is 0 Å². The largest absolute Gasteiger partial charge is 0.497 e. The number of sulfonamides is 1. The fourth-order valence-corrected chi connectivity index (χ4v) is 4.54. The van der Waals surface area contributed by atoms with E-state index >= 15 is 0 Å². The van der Waals surface area contributed by atoms with E-state index in [1.54, 1.807) is 62.4 Å². The van der Waals surface area contributed by atoms with Gasteiger partial charge in [-0.15, -0.1) is 0 Å². The molecular formula is C23H21N3O4S. The Kier molecular flexibility index (Phi) is 5.24. The Hall–Kier alpha value is -3.65. The standard InChI is InChI=1S/C23H21N3O4S/c1-15-14-17(26-16(2)24-22-7-5-4-6-20(22)23(26)27)8-13-21(15)25-31(28,29)19-11-9-18(30-3)10-12-19/h4-14,25H,1-3H3. The summed E-state index contributed by atoms with van der Waals surface area (Å²) in [7, 11) is -2.25. The maximum atomic E-state index is 13.0. The number of fused-ring (bicyclic) bond motifs is 1. The number of aromatic nitrogens is 2. The summed E-state index contributed by atoms with van der Waals surface area (Å²) in [6.07, 6.45) is 0. The van der Waals surface area contributed by atoms with Crippen LogP contribution in [0, 0.1) is 13.8 Å². The zero-order valence-electron chi connectivity index (χ0n) is 17.3. The van der Waals surface area contributed by atoms with Gasteiger partial charge in [-0.2, -0.15) is 0 Å². The summed E-state index contributed by atoms with van der Waals surface area (Å²) < 4.78 is 34.7. The van der Waals surface area contributed by atoms with Crippen molar-refractivity contribution in [2.45, 2.75) is 18.7 Å². The van der Waals surface area contributed by atoms with Gasteiger partial charge in [-0.05, 0) is 74.0 Å². The second-order valence-electron chi connectivity index (χ2n) is 7.10. The topological polar surface area (TPSA) is 90.3 Å². The molecule has 7 nitrogen and oxygen atoms in total. The fraction of sp³-hybridized carbons (Fsp3) is 0.130. The molecule has 0 saturated heterocycles. The minimum atomic E-state index is -3.77. The lowest BCUT2D eigenvalue weighted by Gasteiger charge is -2.15. The summed E-state index contributed by atoms with van der Waals surface area (Å²) in [5, 5.41) is 0.523. The third-order valence-corrected chi connectivity index (χ3v) is 6.41. The Bertz CT molecular complexity index is 1440. The molecule has 0 aliphatic heterocycles. The molecule has 0 fully saturated rings. The minimum Gasteiger partial charge on any atom is -0.497 e. The van der Waals surface area contributed by atoms with Gasteiger partial charge in [0.2, 0.25) is 0 Å². The quantitative estimate of drug-likeness (QED) is 0.515. The minimum absolute atomic E-state index is 0.127. The van der Waals surface area contributed by atoms with Crippen molar-refractivity contribution in [3.8, 4) is 11.4 Å². The number of aryl methyl sites for hydroxylation is 2. The summed E-state index contributed by atoms with van der Waals surface area (Å²) in [4.78, 5) is 17.7. The van der Waals surface area contributed by atoms with E-state index in [9.17, 15) is 13.2 Å². The number of hydrogen-bond donors (Lipinski definition) is 1. The number of para-hydroxylation sites is 1. The lowest BCUT2D eigenvalue weighted by molar-refractivity contribution is 0.414. The number of rotatable bonds is 5. The van der Waals surface area contributed by atoms with Crippen molar-refractivity contribution < 1.29 is 13.2 Å². The lowest BCUT2D eigenvalue weighted by Crippen LogP contribution is -2.22. The van der Waals surface area contributed by atoms with Gasteiger partial charge in [-0.25, -0.2) is 13.4 Å². The van der Waals surface area contributed by atoms with Crippen molar-refractivity contribution >= 4 is 26.6 Å². The van der Waals surface area contributed by atoms with Crippen LogP contribution in [0.25, 0.3) is 16.6 Å². The maximum absolute atomic E-state index is 13.0. The van der Waals surface area contributed by atoms with Crippen molar-refractivity contribution in [2.24, 2.45) is 0 Å². The highest BCUT2D eigenvalue weighted by Crippen LogP contribution is 2.24. The Balaban J connectivity index is 1.71. The zero-order chi connectivity index (χ0) is 22.2. The van der Waals surface area contributed by atoms with Crippen LogP contribution in [0.15, 0.2) is 76.4 Å². The second-order valence-corrected chi connectivity index (χ2v) is 8.78. The van der Waals surface area contributed by atoms with Crippen LogP contribution in [0.2, 0.25) is 0 Å². The van der Waals surface area contributed by atoms with Gasteiger partial charge in [0.1, 0.15) is 11.6 Å². The molecule has 31 heavy (non-hydrogen) atoms. The number of nitrogens with one attached hydrogen (secondary N) is 1. The highest BCUT2D eigenvalue weighted by molar-refractivity contribution is 7.92. The molecule has 0 amide bonds. The SMILES string of the molecule is COc1ccc(S(=O)(=O)Nc2ccc(-n3c(C)nc4ccccc4c3=O)cc2C)cc1. The van der Waals surface area contributed by atoms with Crippen molar-refractivity contribution in [2.75, 3.05) is 11.8 Å². The summed E-state index contributed by atoms with van der Waals surface area (Å²) in [6, 6.07) is 18.4. The normalized spacial score (nSPS) is 11.5. The number of methoxy groups -OCH3 is 1. The van der Waals surface area contributed by atoms with Crippen molar-refractivity contribution in [3.63, 3.8) is 0 Å². The van der Waals surface area contributed by atoms with Gasteiger partial charge in [0.15, 0.2) is 0 Å². The monoisotopic (exact) mass is 435 g/mol. The summed E-state index contributed by atoms with van der Waals surface area (Å²) in [6.45, 7) is 3.55. The first-order valence-electron chi connectivity index (χ1n) is 9.56. The average Bonchev–Trinajstić information content (AvgIpc) is 2.75. The smallest absolute Gasteiger partial charge is 0.265 e. The van der Waals surface area contributed by atoms with Gasteiger partial charge >= 0.3 is 0 Å². The molecule has 3 aromatic carbocycles. The molecule has 0 aliphatic rings. The molecule has 158 valence electrons. The van der Waals surface area contributed by atoms with Crippen LogP contribution in [0.1, 0.15) is 11.4 Å². The van der Waals surface area contributed by atoms with Gasteiger partial charge in [-0.1, -0.05) is 12.1 Å². The van der Waals surface area contributed by atoms with Crippen LogP contribution in [-0.4, -0.2) is 25.1 Å². The van der Waals surface area contributed by atoms with E-state index in [1.165, 1.54) is 23.8 Å². The van der Waals surface area contributed by atoms with Crippen LogP contribution in [-0.2, 0) is 10.0 Å². The highest BCUT2D eigenvalue weighted by Gasteiger charge is 2.16. The number of nitrogens with zero attached hydrogens (tertiary/aromatic N) is 2. The third kappa shape index (κ3) is 3.89. The third-order valence-electron chi connectivity index (χ3n) is 5.03. The molecule has 0 atom stereocenters. The number of benzene rings is 3. The summed E-state index contributed by atoms with van der Waals surface area (Å²) in [5.41, 5.74) is 2.19. The zero-order valence-corrected chi connectivity index (χ0v) is 18.1. The van der Waals surface area contributed by atoms with Crippen LogP contribution in [0.4, 0.5) is 5.69 Å². The summed E-state index contributed by atoms with van der Waals surface area (Å²) in [5.74, 6) is 1.12. The first-order chi connectivity index (χ1) is 14.8. The molecule has 1 heterocycles. The van der Waals surface area contributed by atoms with Gasteiger partial charge < -0.3 is 4.74 Å². The first-order valence-corrected chi connectivity index (χ1v) is 11.0.